The lowest BCUT2D eigenvalue weighted by Gasteiger charge is -2.36. The highest BCUT2D eigenvalue weighted by atomic mass is 16.5. The van der Waals surface area contributed by atoms with Gasteiger partial charge in [0.1, 0.15) is 12.4 Å². The second-order valence-corrected chi connectivity index (χ2v) is 6.61. The molecule has 2 aliphatic rings. The fraction of sp³-hybridized carbons (Fsp3) is 0.611. The van der Waals surface area contributed by atoms with Crippen molar-refractivity contribution in [3.05, 3.63) is 29.8 Å². The minimum absolute atomic E-state index is 0.0620. The van der Waals surface area contributed by atoms with Crippen LogP contribution in [0, 0.1) is 0 Å². The van der Waals surface area contributed by atoms with Gasteiger partial charge in [-0.15, -0.1) is 0 Å². The van der Waals surface area contributed by atoms with Crippen molar-refractivity contribution in [2.24, 2.45) is 5.73 Å². The fourth-order valence-electron chi connectivity index (χ4n) is 3.36. The molecule has 2 fully saturated rings. The number of rotatable bonds is 4. The van der Waals surface area contributed by atoms with Gasteiger partial charge in [-0.25, -0.2) is 0 Å². The Morgan fingerprint density at radius 1 is 1.43 bits per heavy atom. The minimum atomic E-state index is 0.0620. The SMILES string of the molecule is C[C@@H]1C[C@@H](N)CCN1C(=O)c1cccc(OC[C@@H]2CCCO2)c1. The van der Waals surface area contributed by atoms with E-state index in [2.05, 4.69) is 6.92 Å². The van der Waals surface area contributed by atoms with Crippen molar-refractivity contribution < 1.29 is 14.3 Å². The van der Waals surface area contributed by atoms with Crippen LogP contribution in [0.15, 0.2) is 24.3 Å². The van der Waals surface area contributed by atoms with E-state index in [1.54, 1.807) is 0 Å². The molecule has 0 spiro atoms. The van der Waals surface area contributed by atoms with Crippen LogP contribution in [-0.4, -0.2) is 48.8 Å². The molecule has 126 valence electrons. The summed E-state index contributed by atoms with van der Waals surface area (Å²) in [6.45, 7) is 4.16. The van der Waals surface area contributed by atoms with Crippen molar-refractivity contribution in [2.45, 2.75) is 50.8 Å². The van der Waals surface area contributed by atoms with Crippen LogP contribution in [-0.2, 0) is 4.74 Å². The van der Waals surface area contributed by atoms with Gasteiger partial charge in [-0.2, -0.15) is 0 Å². The highest BCUT2D eigenvalue weighted by molar-refractivity contribution is 5.94. The molecule has 2 heterocycles. The maximum absolute atomic E-state index is 12.7. The van der Waals surface area contributed by atoms with E-state index in [1.807, 2.05) is 29.2 Å². The summed E-state index contributed by atoms with van der Waals surface area (Å²) in [5.74, 6) is 0.791. The van der Waals surface area contributed by atoms with Gasteiger partial charge in [0.05, 0.1) is 6.10 Å². The third-order valence-corrected chi connectivity index (χ3v) is 4.72. The molecule has 1 amide bonds. The highest BCUT2D eigenvalue weighted by Gasteiger charge is 2.27. The van der Waals surface area contributed by atoms with Crippen LogP contribution < -0.4 is 10.5 Å². The van der Waals surface area contributed by atoms with Gasteiger partial charge in [-0.3, -0.25) is 4.79 Å². The van der Waals surface area contributed by atoms with E-state index in [-0.39, 0.29) is 24.1 Å². The Hall–Kier alpha value is -1.59. The Bertz CT molecular complexity index is 543. The number of hydrogen-bond acceptors (Lipinski definition) is 4. The van der Waals surface area contributed by atoms with Gasteiger partial charge in [0, 0.05) is 30.8 Å². The lowest BCUT2D eigenvalue weighted by atomic mass is 9.98. The molecule has 23 heavy (non-hydrogen) atoms. The Morgan fingerprint density at radius 2 is 2.30 bits per heavy atom. The zero-order chi connectivity index (χ0) is 16.2. The van der Waals surface area contributed by atoms with Crippen LogP contribution in [0.1, 0.15) is 43.0 Å². The van der Waals surface area contributed by atoms with Gasteiger partial charge in [-0.05, 0) is 50.8 Å². The molecule has 3 rings (SSSR count). The zero-order valence-electron chi connectivity index (χ0n) is 13.7. The number of carbonyl (C=O) groups is 1. The number of piperidine rings is 1. The van der Waals surface area contributed by atoms with Gasteiger partial charge in [-0.1, -0.05) is 6.07 Å². The lowest BCUT2D eigenvalue weighted by Crippen LogP contribution is -2.48. The van der Waals surface area contributed by atoms with Crippen molar-refractivity contribution in [3.8, 4) is 5.75 Å². The molecular weight excluding hydrogens is 292 g/mol. The molecule has 0 radical (unpaired) electrons. The van der Waals surface area contributed by atoms with Crippen LogP contribution in [0.5, 0.6) is 5.75 Å². The molecule has 2 saturated heterocycles. The summed E-state index contributed by atoms with van der Waals surface area (Å²) >= 11 is 0. The van der Waals surface area contributed by atoms with Crippen molar-refractivity contribution in [1.29, 1.82) is 0 Å². The number of ether oxygens (including phenoxy) is 2. The first kappa shape index (κ1) is 16.3. The molecule has 2 N–H and O–H groups in total. The average molecular weight is 318 g/mol. The third-order valence-electron chi connectivity index (χ3n) is 4.72. The molecule has 0 aliphatic carbocycles. The van der Waals surface area contributed by atoms with E-state index < -0.39 is 0 Å². The molecule has 0 bridgehead atoms. The Labute approximate surface area is 137 Å². The van der Waals surface area contributed by atoms with E-state index in [1.165, 1.54) is 0 Å². The quantitative estimate of drug-likeness (QED) is 0.924. The molecule has 1 aromatic rings. The smallest absolute Gasteiger partial charge is 0.254 e. The van der Waals surface area contributed by atoms with Crippen molar-refractivity contribution in [3.63, 3.8) is 0 Å². The zero-order valence-corrected chi connectivity index (χ0v) is 13.7. The van der Waals surface area contributed by atoms with Gasteiger partial charge < -0.3 is 20.1 Å². The molecule has 0 saturated carbocycles. The van der Waals surface area contributed by atoms with Crippen LogP contribution in [0.25, 0.3) is 0 Å². The number of nitrogens with two attached hydrogens (primary N) is 1. The molecule has 0 aromatic heterocycles. The number of hydrogen-bond donors (Lipinski definition) is 1. The second-order valence-electron chi connectivity index (χ2n) is 6.61. The van der Waals surface area contributed by atoms with E-state index in [4.69, 9.17) is 15.2 Å². The molecule has 2 aliphatic heterocycles. The van der Waals surface area contributed by atoms with Crippen molar-refractivity contribution in [1.82, 2.24) is 4.90 Å². The summed E-state index contributed by atoms with van der Waals surface area (Å²) in [5, 5.41) is 0. The summed E-state index contributed by atoms with van der Waals surface area (Å²) < 4.78 is 11.4. The Morgan fingerprint density at radius 3 is 3.04 bits per heavy atom. The normalized spacial score (nSPS) is 27.9. The molecular formula is C18H26N2O3. The van der Waals surface area contributed by atoms with Crippen LogP contribution in [0.4, 0.5) is 0 Å². The summed E-state index contributed by atoms with van der Waals surface area (Å²) in [6, 6.07) is 7.83. The number of nitrogens with zero attached hydrogens (tertiary/aromatic N) is 1. The van der Waals surface area contributed by atoms with Crippen LogP contribution >= 0.6 is 0 Å². The van der Waals surface area contributed by atoms with Gasteiger partial charge in [0.2, 0.25) is 0 Å². The van der Waals surface area contributed by atoms with Gasteiger partial charge in [0.25, 0.3) is 5.91 Å². The predicted octanol–water partition coefficient (Wildman–Crippen LogP) is 2.20. The first-order chi connectivity index (χ1) is 11.1. The van der Waals surface area contributed by atoms with E-state index >= 15 is 0 Å². The maximum atomic E-state index is 12.7. The maximum Gasteiger partial charge on any atom is 0.254 e. The average Bonchev–Trinajstić information content (AvgIpc) is 3.06. The summed E-state index contributed by atoms with van der Waals surface area (Å²) in [6.07, 6.45) is 4.05. The number of carbonyl (C=O) groups excluding carboxylic acids is 1. The van der Waals surface area contributed by atoms with E-state index in [0.29, 0.717) is 12.2 Å². The number of amides is 1. The first-order valence-corrected chi connectivity index (χ1v) is 8.54. The topological polar surface area (TPSA) is 64.8 Å². The van der Waals surface area contributed by atoms with Gasteiger partial charge >= 0.3 is 0 Å². The van der Waals surface area contributed by atoms with Gasteiger partial charge in [0.15, 0.2) is 0 Å². The predicted molar refractivity (Wildman–Crippen MR) is 88.6 cm³/mol. The number of likely N-dealkylation sites (tertiary alicyclic amines) is 1. The fourth-order valence-corrected chi connectivity index (χ4v) is 3.36. The highest BCUT2D eigenvalue weighted by Crippen LogP contribution is 2.22. The minimum Gasteiger partial charge on any atom is -0.491 e. The number of benzene rings is 1. The van der Waals surface area contributed by atoms with Crippen LogP contribution in [0.2, 0.25) is 0 Å². The monoisotopic (exact) mass is 318 g/mol. The Kier molecular flexibility index (Phi) is 5.18. The lowest BCUT2D eigenvalue weighted by molar-refractivity contribution is 0.0616. The first-order valence-electron chi connectivity index (χ1n) is 8.54. The molecule has 3 atom stereocenters. The van der Waals surface area contributed by atoms with Crippen LogP contribution in [0.3, 0.4) is 0 Å². The summed E-state index contributed by atoms with van der Waals surface area (Å²) in [4.78, 5) is 14.7. The molecule has 0 unspecified atom stereocenters. The van der Waals surface area contributed by atoms with E-state index in [9.17, 15) is 4.79 Å². The summed E-state index contributed by atoms with van der Waals surface area (Å²) in [7, 11) is 0. The van der Waals surface area contributed by atoms with Crippen molar-refractivity contribution >= 4 is 5.91 Å². The second kappa shape index (κ2) is 7.32. The van der Waals surface area contributed by atoms with Crippen molar-refractivity contribution in [2.75, 3.05) is 19.8 Å². The molecule has 1 aromatic carbocycles. The standard InChI is InChI=1S/C18H26N2O3/c1-13-10-15(19)7-8-20(13)18(21)14-4-2-5-16(11-14)23-12-17-6-3-9-22-17/h2,4-5,11,13,15,17H,3,6-10,12,19H2,1H3/t13-,15+,17+/m1/s1. The molecule has 5 heteroatoms. The molecule has 5 nitrogen and oxygen atoms in total. The Balaban J connectivity index is 1.62. The largest absolute Gasteiger partial charge is 0.491 e. The third kappa shape index (κ3) is 4.03. The van der Waals surface area contributed by atoms with E-state index in [0.717, 1.165) is 44.6 Å². The summed E-state index contributed by atoms with van der Waals surface area (Å²) in [5.41, 5.74) is 6.66.